The van der Waals surface area contributed by atoms with E-state index in [1.54, 1.807) is 12.1 Å². The molecule has 4 nitrogen and oxygen atoms in total. The van der Waals surface area contributed by atoms with Crippen LogP contribution in [0.3, 0.4) is 0 Å². The Balaban J connectivity index is 2.15. The molecule has 2 rings (SSSR count). The first-order valence-electron chi connectivity index (χ1n) is 8.17. The van der Waals surface area contributed by atoms with Crippen molar-refractivity contribution in [3.05, 3.63) is 30.0 Å². The van der Waals surface area contributed by atoms with Crippen LogP contribution < -0.4 is 0 Å². The van der Waals surface area contributed by atoms with Gasteiger partial charge in [0.25, 0.3) is 0 Å². The Hall–Kier alpha value is -1.52. The Morgan fingerprint density at radius 2 is 1.73 bits per heavy atom. The van der Waals surface area contributed by atoms with Crippen molar-refractivity contribution >= 4 is 10.9 Å². The molecule has 1 aromatic heterocycles. The van der Waals surface area contributed by atoms with Crippen LogP contribution in [-0.4, -0.2) is 39.6 Å². The van der Waals surface area contributed by atoms with Gasteiger partial charge < -0.3 is 10.1 Å². The van der Waals surface area contributed by atoms with Gasteiger partial charge in [-0.2, -0.15) is 4.65 Å². The summed E-state index contributed by atoms with van der Waals surface area (Å²) in [6.07, 6.45) is 2.78. The lowest BCUT2D eigenvalue weighted by Crippen LogP contribution is -2.50. The van der Waals surface area contributed by atoms with Gasteiger partial charge in [-0.1, -0.05) is 27.7 Å². The highest BCUT2D eigenvalue weighted by Gasteiger charge is 2.28. The third-order valence-corrected chi connectivity index (χ3v) is 3.96. The van der Waals surface area contributed by atoms with E-state index in [9.17, 15) is 10.3 Å². The summed E-state index contributed by atoms with van der Waals surface area (Å²) >= 11 is 0. The summed E-state index contributed by atoms with van der Waals surface area (Å²) in [5, 5.41) is 21.7. The molecule has 122 valence electrons. The molecule has 0 fully saturated rings. The zero-order valence-electron chi connectivity index (χ0n) is 14.1. The molecule has 0 aliphatic heterocycles. The van der Waals surface area contributed by atoms with Gasteiger partial charge in [0.2, 0.25) is 0 Å². The molecule has 0 radical (unpaired) electrons. The third kappa shape index (κ3) is 4.24. The molecule has 0 saturated heterocycles. The molecular weight excluding hydrogens is 276 g/mol. The van der Waals surface area contributed by atoms with Gasteiger partial charge in [-0.3, -0.25) is 0 Å². The van der Waals surface area contributed by atoms with Crippen molar-refractivity contribution in [3.63, 3.8) is 0 Å². The highest BCUT2D eigenvalue weighted by Crippen LogP contribution is 2.24. The van der Waals surface area contributed by atoms with Crippen molar-refractivity contribution in [2.24, 2.45) is 11.8 Å². The number of quaternary nitrogens is 1. The lowest BCUT2D eigenvalue weighted by atomic mass is 10.1. The van der Waals surface area contributed by atoms with E-state index in [4.69, 9.17) is 0 Å². The fourth-order valence-electron chi connectivity index (χ4n) is 3.32. The van der Waals surface area contributed by atoms with Gasteiger partial charge in [-0.05, 0) is 23.8 Å². The molecular formula is C18H29N2O2+. The van der Waals surface area contributed by atoms with Crippen LogP contribution in [0.25, 0.3) is 10.9 Å². The van der Waals surface area contributed by atoms with Crippen molar-refractivity contribution < 1.29 is 15.0 Å². The van der Waals surface area contributed by atoms with Crippen molar-refractivity contribution in [1.82, 2.24) is 4.98 Å². The van der Waals surface area contributed by atoms with Crippen LogP contribution in [0.5, 0.6) is 5.75 Å². The van der Waals surface area contributed by atoms with E-state index in [-0.39, 0.29) is 10.4 Å². The number of aromatic hydroxyl groups is 1. The first kappa shape index (κ1) is 16.8. The normalized spacial score (nSPS) is 12.7. The third-order valence-electron chi connectivity index (χ3n) is 3.96. The molecule has 1 heterocycles. The number of aromatic nitrogens is 1. The van der Waals surface area contributed by atoms with Crippen molar-refractivity contribution in [2.75, 3.05) is 19.6 Å². The van der Waals surface area contributed by atoms with E-state index in [2.05, 4.69) is 32.7 Å². The fraction of sp³-hybridized carbons (Fsp3) is 0.556. The minimum Gasteiger partial charge on any atom is -0.508 e. The van der Waals surface area contributed by atoms with Crippen LogP contribution in [-0.2, 0) is 6.42 Å². The molecule has 0 saturated carbocycles. The van der Waals surface area contributed by atoms with E-state index in [0.717, 1.165) is 36.0 Å². The smallest absolute Gasteiger partial charge is 0.116 e. The topological polar surface area (TPSA) is 56.2 Å². The summed E-state index contributed by atoms with van der Waals surface area (Å²) in [4.78, 5) is 3.23. The molecule has 0 amide bonds. The number of rotatable bonds is 7. The molecule has 0 bridgehead atoms. The van der Waals surface area contributed by atoms with Crippen molar-refractivity contribution in [1.29, 1.82) is 0 Å². The predicted molar refractivity (Wildman–Crippen MR) is 90.0 cm³/mol. The number of phenols is 1. The van der Waals surface area contributed by atoms with E-state index < -0.39 is 0 Å². The number of hydroxylamine groups is 3. The Bertz CT molecular complexity index is 607. The van der Waals surface area contributed by atoms with Crippen LogP contribution >= 0.6 is 0 Å². The Morgan fingerprint density at radius 1 is 1.09 bits per heavy atom. The summed E-state index contributed by atoms with van der Waals surface area (Å²) in [6.45, 7) is 10.8. The zero-order chi connectivity index (χ0) is 16.3. The number of phenolic OH excluding ortho intramolecular Hbond substituents is 1. The average molecular weight is 305 g/mol. The summed E-state index contributed by atoms with van der Waals surface area (Å²) in [5.41, 5.74) is 2.17. The quantitative estimate of drug-likeness (QED) is 0.536. The minimum atomic E-state index is 0.112. The Labute approximate surface area is 132 Å². The van der Waals surface area contributed by atoms with E-state index in [1.807, 2.05) is 12.3 Å². The van der Waals surface area contributed by atoms with Crippen LogP contribution in [0.2, 0.25) is 0 Å². The number of fused-ring (bicyclic) bond motifs is 1. The second kappa shape index (κ2) is 6.71. The summed E-state index contributed by atoms with van der Waals surface area (Å²) < 4.78 is 0.112. The van der Waals surface area contributed by atoms with Crippen molar-refractivity contribution in [3.8, 4) is 5.75 Å². The summed E-state index contributed by atoms with van der Waals surface area (Å²) in [5.74, 6) is 1.19. The number of hydrogen-bond acceptors (Lipinski definition) is 2. The number of H-pyrrole nitrogens is 1. The first-order chi connectivity index (χ1) is 10.3. The molecule has 0 atom stereocenters. The van der Waals surface area contributed by atoms with Crippen LogP contribution in [0, 0.1) is 11.8 Å². The number of nitrogens with one attached hydrogen (secondary N) is 1. The molecule has 0 spiro atoms. The predicted octanol–water partition coefficient (Wildman–Crippen LogP) is 3.93. The van der Waals surface area contributed by atoms with Crippen LogP contribution in [0.4, 0.5) is 0 Å². The van der Waals surface area contributed by atoms with Gasteiger partial charge in [0, 0.05) is 35.4 Å². The van der Waals surface area contributed by atoms with Crippen LogP contribution in [0.1, 0.15) is 33.3 Å². The Morgan fingerprint density at radius 3 is 2.32 bits per heavy atom. The Kier molecular flexibility index (Phi) is 5.14. The van der Waals surface area contributed by atoms with Gasteiger partial charge >= 0.3 is 0 Å². The molecule has 22 heavy (non-hydrogen) atoms. The van der Waals surface area contributed by atoms with Gasteiger partial charge in [0.15, 0.2) is 0 Å². The second-order valence-electron chi connectivity index (χ2n) is 7.27. The van der Waals surface area contributed by atoms with Gasteiger partial charge in [-0.15, -0.1) is 0 Å². The van der Waals surface area contributed by atoms with Gasteiger partial charge in [0.05, 0.1) is 0 Å². The largest absolute Gasteiger partial charge is 0.508 e. The zero-order valence-corrected chi connectivity index (χ0v) is 14.1. The fourth-order valence-corrected chi connectivity index (χ4v) is 3.32. The lowest BCUT2D eigenvalue weighted by molar-refractivity contribution is -1.11. The minimum absolute atomic E-state index is 0.112. The van der Waals surface area contributed by atoms with Crippen molar-refractivity contribution in [2.45, 2.75) is 34.1 Å². The average Bonchev–Trinajstić information content (AvgIpc) is 2.76. The monoisotopic (exact) mass is 305 g/mol. The number of hydrogen-bond donors (Lipinski definition) is 3. The van der Waals surface area contributed by atoms with Gasteiger partial charge in [-0.25, -0.2) is 5.21 Å². The molecule has 0 unspecified atom stereocenters. The summed E-state index contributed by atoms with van der Waals surface area (Å²) in [7, 11) is 0. The maximum absolute atomic E-state index is 11.0. The van der Waals surface area contributed by atoms with Crippen LogP contribution in [0.15, 0.2) is 24.4 Å². The molecule has 0 aliphatic rings. The SMILES string of the molecule is CC(C)C[N+](O)(CCc1c[nH]c2ccc(O)cc12)CC(C)C. The second-order valence-corrected chi connectivity index (χ2v) is 7.27. The first-order valence-corrected chi connectivity index (χ1v) is 8.17. The number of benzene rings is 1. The molecule has 3 N–H and O–H groups in total. The lowest BCUT2D eigenvalue weighted by Gasteiger charge is -2.33. The van der Waals surface area contributed by atoms with E-state index in [1.165, 1.54) is 0 Å². The maximum Gasteiger partial charge on any atom is 0.116 e. The standard InChI is InChI=1S/C18H28N2O2/c1-13(2)11-20(22,12-14(3)4)8-7-15-10-19-18-6-5-16(21)9-17(15)18/h5-6,9-10,13-14,19,22H,7-8,11-12H2,1-4H3/p+1. The summed E-state index contributed by atoms with van der Waals surface area (Å²) in [6, 6.07) is 5.36. The van der Waals surface area contributed by atoms with E-state index >= 15 is 0 Å². The number of aromatic amines is 1. The number of nitrogens with zero attached hydrogens (tertiary/aromatic N) is 1. The maximum atomic E-state index is 11.0. The molecule has 1 aromatic carbocycles. The highest BCUT2D eigenvalue weighted by molar-refractivity contribution is 5.84. The highest BCUT2D eigenvalue weighted by atomic mass is 16.5. The molecule has 4 heteroatoms. The molecule has 0 aliphatic carbocycles. The van der Waals surface area contributed by atoms with Gasteiger partial charge in [0.1, 0.15) is 25.4 Å². The van der Waals surface area contributed by atoms with E-state index in [0.29, 0.717) is 18.4 Å². The molecule has 2 aromatic rings.